The maximum absolute atomic E-state index is 12.4. The molecule has 100 valence electrons. The van der Waals surface area contributed by atoms with E-state index >= 15 is 0 Å². The summed E-state index contributed by atoms with van der Waals surface area (Å²) in [6.07, 6.45) is 2.37. The second-order valence-electron chi connectivity index (χ2n) is 5.74. The van der Waals surface area contributed by atoms with Crippen LogP contribution in [0.25, 0.3) is 0 Å². The average molecular weight is 257 g/mol. The van der Waals surface area contributed by atoms with Crippen molar-refractivity contribution in [2.24, 2.45) is 0 Å². The summed E-state index contributed by atoms with van der Waals surface area (Å²) < 4.78 is 0. The number of anilines is 1. The minimum atomic E-state index is 0.245. The molecule has 4 heteroatoms. The summed E-state index contributed by atoms with van der Waals surface area (Å²) in [6.45, 7) is 4.93. The Kier molecular flexibility index (Phi) is 2.52. The Balaban J connectivity index is 1.62. The molecule has 1 amide bonds. The zero-order valence-electron chi connectivity index (χ0n) is 11.1. The van der Waals surface area contributed by atoms with Crippen LogP contribution in [-0.2, 0) is 6.54 Å². The normalized spacial score (nSPS) is 22.8. The predicted molar refractivity (Wildman–Crippen MR) is 74.4 cm³/mol. The Bertz CT molecular complexity index is 518. The van der Waals surface area contributed by atoms with Crippen LogP contribution in [0.15, 0.2) is 18.2 Å². The summed E-state index contributed by atoms with van der Waals surface area (Å²) in [6, 6.07) is 6.94. The SMILES string of the molecule is O=C1c2cc(N3CCNCC3)ccc2CN1C1CC1. The van der Waals surface area contributed by atoms with E-state index in [1.807, 2.05) is 4.90 Å². The largest absolute Gasteiger partial charge is 0.369 e. The third-order valence-corrected chi connectivity index (χ3v) is 4.40. The quantitative estimate of drug-likeness (QED) is 0.865. The highest BCUT2D eigenvalue weighted by atomic mass is 16.2. The maximum atomic E-state index is 12.4. The Morgan fingerprint density at radius 1 is 1.16 bits per heavy atom. The van der Waals surface area contributed by atoms with Crippen LogP contribution in [0.5, 0.6) is 0 Å². The van der Waals surface area contributed by atoms with Crippen LogP contribution in [0, 0.1) is 0 Å². The lowest BCUT2D eigenvalue weighted by Crippen LogP contribution is -2.43. The molecule has 1 N–H and O–H groups in total. The number of benzene rings is 1. The maximum Gasteiger partial charge on any atom is 0.254 e. The van der Waals surface area contributed by atoms with Crippen molar-refractivity contribution in [1.82, 2.24) is 10.2 Å². The molecule has 1 saturated heterocycles. The monoisotopic (exact) mass is 257 g/mol. The van der Waals surface area contributed by atoms with Gasteiger partial charge in [0.25, 0.3) is 5.91 Å². The van der Waals surface area contributed by atoms with Crippen LogP contribution < -0.4 is 10.2 Å². The van der Waals surface area contributed by atoms with E-state index in [9.17, 15) is 4.79 Å². The number of carbonyl (C=O) groups excluding carboxylic acids is 1. The van der Waals surface area contributed by atoms with E-state index in [4.69, 9.17) is 0 Å². The molecule has 0 spiro atoms. The van der Waals surface area contributed by atoms with E-state index in [1.165, 1.54) is 24.1 Å². The first-order valence-corrected chi connectivity index (χ1v) is 7.22. The predicted octanol–water partition coefficient (Wildman–Crippen LogP) is 1.21. The number of hydrogen-bond donors (Lipinski definition) is 1. The molecule has 1 aliphatic carbocycles. The van der Waals surface area contributed by atoms with Crippen LogP contribution in [0.3, 0.4) is 0 Å². The van der Waals surface area contributed by atoms with Crippen molar-refractivity contribution >= 4 is 11.6 Å². The lowest BCUT2D eigenvalue weighted by atomic mass is 10.1. The summed E-state index contributed by atoms with van der Waals surface area (Å²) in [4.78, 5) is 16.8. The molecule has 3 aliphatic rings. The topological polar surface area (TPSA) is 35.6 Å². The Hall–Kier alpha value is -1.55. The minimum absolute atomic E-state index is 0.245. The van der Waals surface area contributed by atoms with E-state index in [-0.39, 0.29) is 5.91 Å². The highest BCUT2D eigenvalue weighted by molar-refractivity contribution is 5.99. The van der Waals surface area contributed by atoms with Gasteiger partial charge in [-0.25, -0.2) is 0 Å². The third-order valence-electron chi connectivity index (χ3n) is 4.40. The highest BCUT2D eigenvalue weighted by Crippen LogP contribution is 2.35. The van der Waals surface area contributed by atoms with Gasteiger partial charge in [-0.15, -0.1) is 0 Å². The highest BCUT2D eigenvalue weighted by Gasteiger charge is 2.38. The molecule has 2 heterocycles. The first-order valence-electron chi connectivity index (χ1n) is 7.22. The smallest absolute Gasteiger partial charge is 0.254 e. The molecule has 1 saturated carbocycles. The van der Waals surface area contributed by atoms with Crippen molar-refractivity contribution in [3.05, 3.63) is 29.3 Å². The van der Waals surface area contributed by atoms with E-state index < -0.39 is 0 Å². The molecule has 0 unspecified atom stereocenters. The molecule has 2 fully saturated rings. The van der Waals surface area contributed by atoms with E-state index in [0.29, 0.717) is 6.04 Å². The van der Waals surface area contributed by atoms with Crippen molar-refractivity contribution < 1.29 is 4.79 Å². The van der Waals surface area contributed by atoms with Crippen LogP contribution in [0.1, 0.15) is 28.8 Å². The molecule has 0 bridgehead atoms. The second kappa shape index (κ2) is 4.23. The fraction of sp³-hybridized carbons (Fsp3) is 0.533. The van der Waals surface area contributed by atoms with E-state index in [0.717, 1.165) is 38.3 Å². The van der Waals surface area contributed by atoms with Crippen molar-refractivity contribution in [2.75, 3.05) is 31.1 Å². The van der Waals surface area contributed by atoms with Crippen LogP contribution in [0.2, 0.25) is 0 Å². The average Bonchev–Trinajstić information content (AvgIpc) is 3.25. The van der Waals surface area contributed by atoms with Gasteiger partial charge in [0.15, 0.2) is 0 Å². The standard InChI is InChI=1S/C15H19N3O/c19-15-14-9-13(17-7-5-16-6-8-17)2-1-11(14)10-18(15)12-3-4-12/h1-2,9,12,16H,3-8,10H2. The Morgan fingerprint density at radius 3 is 2.68 bits per heavy atom. The fourth-order valence-electron chi connectivity index (χ4n) is 3.11. The van der Waals surface area contributed by atoms with Gasteiger partial charge in [0, 0.05) is 50.0 Å². The van der Waals surface area contributed by atoms with E-state index in [2.05, 4.69) is 28.4 Å². The first kappa shape index (κ1) is 11.3. The van der Waals surface area contributed by atoms with Gasteiger partial charge in [0.05, 0.1) is 0 Å². The molecule has 1 aromatic rings. The van der Waals surface area contributed by atoms with Gasteiger partial charge in [-0.1, -0.05) is 6.07 Å². The zero-order chi connectivity index (χ0) is 12.8. The zero-order valence-corrected chi connectivity index (χ0v) is 11.1. The van der Waals surface area contributed by atoms with Gasteiger partial charge < -0.3 is 15.1 Å². The molecule has 1 aromatic carbocycles. The van der Waals surface area contributed by atoms with Gasteiger partial charge in [-0.3, -0.25) is 4.79 Å². The molecule has 0 atom stereocenters. The molecule has 4 rings (SSSR count). The summed E-state index contributed by atoms with van der Waals surface area (Å²) >= 11 is 0. The lowest BCUT2D eigenvalue weighted by molar-refractivity contribution is 0.0766. The number of rotatable bonds is 2. The summed E-state index contributed by atoms with van der Waals surface area (Å²) in [5.41, 5.74) is 3.34. The van der Waals surface area contributed by atoms with Crippen molar-refractivity contribution in [1.29, 1.82) is 0 Å². The molecule has 0 aromatic heterocycles. The van der Waals surface area contributed by atoms with Gasteiger partial charge >= 0.3 is 0 Å². The lowest BCUT2D eigenvalue weighted by Gasteiger charge is -2.29. The molecular weight excluding hydrogens is 238 g/mol. The molecule has 4 nitrogen and oxygen atoms in total. The van der Waals surface area contributed by atoms with Crippen LogP contribution in [0.4, 0.5) is 5.69 Å². The number of nitrogens with zero attached hydrogens (tertiary/aromatic N) is 2. The minimum Gasteiger partial charge on any atom is -0.369 e. The second-order valence-corrected chi connectivity index (χ2v) is 5.74. The number of nitrogens with one attached hydrogen (secondary N) is 1. The summed E-state index contributed by atoms with van der Waals surface area (Å²) in [5, 5.41) is 3.36. The molecule has 0 radical (unpaired) electrons. The van der Waals surface area contributed by atoms with Crippen molar-refractivity contribution in [3.8, 4) is 0 Å². The molecular formula is C15H19N3O. The van der Waals surface area contributed by atoms with Gasteiger partial charge in [0.2, 0.25) is 0 Å². The van der Waals surface area contributed by atoms with Gasteiger partial charge in [-0.2, -0.15) is 0 Å². The van der Waals surface area contributed by atoms with Gasteiger partial charge in [-0.05, 0) is 30.5 Å². The number of carbonyl (C=O) groups is 1. The number of hydrogen-bond acceptors (Lipinski definition) is 3. The van der Waals surface area contributed by atoms with Crippen LogP contribution >= 0.6 is 0 Å². The molecule has 19 heavy (non-hydrogen) atoms. The Labute approximate surface area is 113 Å². The summed E-state index contributed by atoms with van der Waals surface area (Å²) in [7, 11) is 0. The number of fused-ring (bicyclic) bond motifs is 1. The van der Waals surface area contributed by atoms with Gasteiger partial charge in [0.1, 0.15) is 0 Å². The number of piperazine rings is 1. The first-order chi connectivity index (χ1) is 9.33. The molecule has 2 aliphatic heterocycles. The van der Waals surface area contributed by atoms with E-state index in [1.54, 1.807) is 0 Å². The van der Waals surface area contributed by atoms with Crippen molar-refractivity contribution in [3.63, 3.8) is 0 Å². The third kappa shape index (κ3) is 1.91. The number of amides is 1. The van der Waals surface area contributed by atoms with Crippen LogP contribution in [-0.4, -0.2) is 43.0 Å². The Morgan fingerprint density at radius 2 is 1.95 bits per heavy atom. The summed E-state index contributed by atoms with van der Waals surface area (Å²) in [5.74, 6) is 0.245. The van der Waals surface area contributed by atoms with Crippen molar-refractivity contribution in [2.45, 2.75) is 25.4 Å². The fourth-order valence-corrected chi connectivity index (χ4v) is 3.11.